The fraction of sp³-hybridized carbons (Fsp3) is 0.250. The topological polar surface area (TPSA) is 20.3 Å². The molecule has 0 aliphatic heterocycles. The monoisotopic (exact) mass is 327 g/mol. The molecule has 0 spiro atoms. The van der Waals surface area contributed by atoms with Gasteiger partial charge < -0.3 is 0 Å². The molecule has 2 aromatic rings. The van der Waals surface area contributed by atoms with Crippen LogP contribution >= 0.6 is 11.6 Å². The highest BCUT2D eigenvalue weighted by molar-refractivity contribution is 6.30. The van der Waals surface area contributed by atoms with E-state index in [4.69, 9.17) is 11.6 Å². The molecule has 0 bridgehead atoms. The molecule has 0 N–H and O–H groups in total. The van der Waals surface area contributed by atoms with Gasteiger partial charge in [0.1, 0.15) is 0 Å². The summed E-state index contributed by atoms with van der Waals surface area (Å²) in [6.07, 6.45) is 3.43. The normalized spacial score (nSPS) is 11.3. The minimum atomic E-state index is 0.0151. The number of carbonyl (C=O) groups is 1. The van der Waals surface area contributed by atoms with Crippen molar-refractivity contribution in [1.29, 1.82) is 0 Å². The van der Waals surface area contributed by atoms with Gasteiger partial charge in [-0.15, -0.1) is 0 Å². The first-order chi connectivity index (χ1) is 11.1. The molecule has 0 atom stereocenters. The number of rotatable bonds is 7. The number of hydrogen-bond donors (Lipinski definition) is 0. The third kappa shape index (κ3) is 5.34. The molecule has 23 heavy (non-hydrogen) atoms. The van der Waals surface area contributed by atoms with Gasteiger partial charge in [-0.2, -0.15) is 0 Å². The molecule has 2 aromatic carbocycles. The minimum Gasteiger partial charge on any atom is -0.300 e. The van der Waals surface area contributed by atoms with Crippen molar-refractivity contribution >= 4 is 23.5 Å². The Labute approximate surface area is 143 Å². The second-order valence-electron chi connectivity index (χ2n) is 5.41. The van der Waals surface area contributed by atoms with Gasteiger partial charge in [0, 0.05) is 17.1 Å². The number of ketones is 1. The third-order valence-electron chi connectivity index (χ3n) is 3.81. The van der Waals surface area contributed by atoms with Crippen LogP contribution in [0.25, 0.3) is 6.08 Å². The molecule has 0 saturated heterocycles. The first kappa shape index (κ1) is 17.5. The van der Waals surface area contributed by atoms with Crippen LogP contribution in [0.15, 0.2) is 54.6 Å². The first-order valence-corrected chi connectivity index (χ1v) is 8.29. The van der Waals surface area contributed by atoms with Crippen LogP contribution in [0.3, 0.4) is 0 Å². The summed E-state index contributed by atoms with van der Waals surface area (Å²) in [4.78, 5) is 14.7. The van der Waals surface area contributed by atoms with Crippen molar-refractivity contribution in [2.24, 2.45) is 0 Å². The van der Waals surface area contributed by atoms with Crippen molar-refractivity contribution < 1.29 is 4.79 Å². The van der Waals surface area contributed by atoms with Crippen molar-refractivity contribution in [3.63, 3.8) is 0 Å². The second kappa shape index (κ2) is 8.66. The first-order valence-electron chi connectivity index (χ1n) is 7.91. The number of allylic oxidation sites excluding steroid dienone is 1. The lowest BCUT2D eigenvalue weighted by Gasteiger charge is -2.18. The van der Waals surface area contributed by atoms with E-state index in [2.05, 4.69) is 24.8 Å². The van der Waals surface area contributed by atoms with Crippen LogP contribution in [0, 0.1) is 0 Å². The fourth-order valence-electron chi connectivity index (χ4n) is 2.37. The van der Waals surface area contributed by atoms with Gasteiger partial charge in [-0.05, 0) is 48.5 Å². The van der Waals surface area contributed by atoms with Gasteiger partial charge in [0.05, 0.1) is 0 Å². The van der Waals surface area contributed by atoms with Crippen LogP contribution in [0.4, 0.5) is 0 Å². The number of nitrogens with zero attached hydrogens (tertiary/aromatic N) is 1. The summed E-state index contributed by atoms with van der Waals surface area (Å²) in [5.74, 6) is 0.0151. The lowest BCUT2D eigenvalue weighted by Crippen LogP contribution is -2.22. The van der Waals surface area contributed by atoms with Crippen molar-refractivity contribution in [1.82, 2.24) is 4.90 Å². The summed E-state index contributed by atoms with van der Waals surface area (Å²) >= 11 is 5.86. The van der Waals surface area contributed by atoms with Crippen molar-refractivity contribution in [2.45, 2.75) is 20.4 Å². The maximum absolute atomic E-state index is 12.3. The summed E-state index contributed by atoms with van der Waals surface area (Å²) in [5, 5.41) is 0.692. The van der Waals surface area contributed by atoms with E-state index in [1.54, 1.807) is 6.08 Å². The van der Waals surface area contributed by atoms with Crippen LogP contribution in [0.2, 0.25) is 5.02 Å². The Hall–Kier alpha value is -1.90. The van der Waals surface area contributed by atoms with E-state index >= 15 is 0 Å². The SMILES string of the molecule is CCN(CC)Cc1cccc(C(=O)/C=C/c2ccc(Cl)cc2)c1. The molecule has 0 fully saturated rings. The Morgan fingerprint density at radius 2 is 1.78 bits per heavy atom. The molecule has 120 valence electrons. The molecular formula is C20H22ClNO. The molecule has 2 rings (SSSR count). The van der Waals surface area contributed by atoms with E-state index in [1.165, 1.54) is 5.56 Å². The van der Waals surface area contributed by atoms with Gasteiger partial charge in [0.25, 0.3) is 0 Å². The smallest absolute Gasteiger partial charge is 0.185 e. The molecule has 0 heterocycles. The van der Waals surface area contributed by atoms with Crippen LogP contribution in [-0.4, -0.2) is 23.8 Å². The zero-order valence-corrected chi connectivity index (χ0v) is 14.4. The van der Waals surface area contributed by atoms with E-state index in [9.17, 15) is 4.79 Å². The Bertz CT molecular complexity index is 672. The summed E-state index contributed by atoms with van der Waals surface area (Å²) in [7, 11) is 0. The van der Waals surface area contributed by atoms with Crippen molar-refractivity contribution in [2.75, 3.05) is 13.1 Å². The predicted molar refractivity (Wildman–Crippen MR) is 97.9 cm³/mol. The highest BCUT2D eigenvalue weighted by Crippen LogP contribution is 2.13. The van der Waals surface area contributed by atoms with Crippen LogP contribution in [0.5, 0.6) is 0 Å². The zero-order valence-electron chi connectivity index (χ0n) is 13.6. The number of benzene rings is 2. The van der Waals surface area contributed by atoms with Crippen LogP contribution in [-0.2, 0) is 6.54 Å². The number of hydrogen-bond acceptors (Lipinski definition) is 2. The van der Waals surface area contributed by atoms with E-state index < -0.39 is 0 Å². The average Bonchev–Trinajstić information content (AvgIpc) is 2.59. The van der Waals surface area contributed by atoms with Crippen molar-refractivity contribution in [3.8, 4) is 0 Å². The van der Waals surface area contributed by atoms with Gasteiger partial charge in [-0.25, -0.2) is 0 Å². The standard InChI is InChI=1S/C20H22ClNO/c1-3-22(4-2)15-17-6-5-7-18(14-17)20(23)13-10-16-8-11-19(21)12-9-16/h5-14H,3-4,15H2,1-2H3/b13-10+. The van der Waals surface area contributed by atoms with Gasteiger partial charge in [0.15, 0.2) is 5.78 Å². The largest absolute Gasteiger partial charge is 0.300 e. The minimum absolute atomic E-state index is 0.0151. The average molecular weight is 328 g/mol. The molecule has 0 aliphatic rings. The molecule has 0 radical (unpaired) electrons. The summed E-state index contributed by atoms with van der Waals surface area (Å²) in [6.45, 7) is 7.17. The van der Waals surface area contributed by atoms with Gasteiger partial charge in [-0.3, -0.25) is 9.69 Å². The molecule has 0 saturated carbocycles. The summed E-state index contributed by atoms with van der Waals surface area (Å²) in [6, 6.07) is 15.3. The van der Waals surface area contributed by atoms with E-state index in [1.807, 2.05) is 48.5 Å². The quantitative estimate of drug-likeness (QED) is 0.522. The summed E-state index contributed by atoms with van der Waals surface area (Å²) in [5.41, 5.74) is 2.85. The summed E-state index contributed by atoms with van der Waals surface area (Å²) < 4.78 is 0. The van der Waals surface area contributed by atoms with Crippen LogP contribution < -0.4 is 0 Å². The number of carbonyl (C=O) groups excluding carboxylic acids is 1. The molecule has 0 aromatic heterocycles. The van der Waals surface area contributed by atoms with E-state index in [0.29, 0.717) is 5.02 Å². The molecule has 3 heteroatoms. The van der Waals surface area contributed by atoms with E-state index in [-0.39, 0.29) is 5.78 Å². The maximum Gasteiger partial charge on any atom is 0.185 e. The molecule has 2 nitrogen and oxygen atoms in total. The number of halogens is 1. The van der Waals surface area contributed by atoms with E-state index in [0.717, 1.165) is 30.8 Å². The van der Waals surface area contributed by atoms with Gasteiger partial charge >= 0.3 is 0 Å². The Kier molecular flexibility index (Phi) is 6.57. The Morgan fingerprint density at radius 1 is 1.09 bits per heavy atom. The highest BCUT2D eigenvalue weighted by atomic mass is 35.5. The van der Waals surface area contributed by atoms with Gasteiger partial charge in [0.2, 0.25) is 0 Å². The molecular weight excluding hydrogens is 306 g/mol. The highest BCUT2D eigenvalue weighted by Gasteiger charge is 2.05. The maximum atomic E-state index is 12.3. The fourth-order valence-corrected chi connectivity index (χ4v) is 2.50. The van der Waals surface area contributed by atoms with Crippen molar-refractivity contribution in [3.05, 3.63) is 76.3 Å². The molecule has 0 unspecified atom stereocenters. The molecule has 0 aliphatic carbocycles. The third-order valence-corrected chi connectivity index (χ3v) is 4.06. The predicted octanol–water partition coefficient (Wildman–Crippen LogP) is 5.08. The zero-order chi connectivity index (χ0) is 16.7. The lowest BCUT2D eigenvalue weighted by atomic mass is 10.1. The second-order valence-corrected chi connectivity index (χ2v) is 5.85. The lowest BCUT2D eigenvalue weighted by molar-refractivity contribution is 0.104. The molecule has 0 amide bonds. The Morgan fingerprint density at radius 3 is 2.43 bits per heavy atom. The van der Waals surface area contributed by atoms with Crippen LogP contribution in [0.1, 0.15) is 35.3 Å². The Balaban J connectivity index is 2.08. The van der Waals surface area contributed by atoms with Gasteiger partial charge in [-0.1, -0.05) is 61.9 Å².